The van der Waals surface area contributed by atoms with Crippen molar-refractivity contribution in [2.75, 3.05) is 0 Å². The Bertz CT molecular complexity index is 667. The van der Waals surface area contributed by atoms with Gasteiger partial charge in [-0.25, -0.2) is 0 Å². The largest absolute Gasteiger partial charge is 3.00 e. The molecule has 0 amide bonds. The van der Waals surface area contributed by atoms with Crippen molar-refractivity contribution in [3.63, 3.8) is 0 Å². The van der Waals surface area contributed by atoms with Crippen LogP contribution in [-0.2, 0) is 52.2 Å². The van der Waals surface area contributed by atoms with Crippen molar-refractivity contribution in [1.29, 1.82) is 0 Å². The van der Waals surface area contributed by atoms with Crippen LogP contribution in [0.2, 0.25) is 0 Å². The maximum atomic E-state index is 9.98. The normalized spacial score (nSPS) is 11.0. The van der Waals surface area contributed by atoms with E-state index in [2.05, 4.69) is 0 Å². The summed E-state index contributed by atoms with van der Waals surface area (Å²) in [6.07, 6.45) is 4.22. The van der Waals surface area contributed by atoms with Crippen LogP contribution in [-0.4, -0.2) is 34.2 Å². The Kier molecular flexibility index (Phi) is 47.5. The van der Waals surface area contributed by atoms with E-state index in [1.54, 1.807) is 0 Å². The van der Waals surface area contributed by atoms with Gasteiger partial charge in [0.1, 0.15) is 0 Å². The predicted molar refractivity (Wildman–Crippen MR) is 146 cm³/mol. The molecular weight excluding hydrogens is 610 g/mol. The van der Waals surface area contributed by atoms with Crippen molar-refractivity contribution in [3.05, 3.63) is 47.3 Å². The van der Waals surface area contributed by atoms with Crippen LogP contribution in [0.3, 0.4) is 0 Å². The number of carbonyl (C=O) groups excluding carboxylic acids is 4. The van der Waals surface area contributed by atoms with Crippen LogP contribution in [0.1, 0.15) is 96.9 Å². The first-order valence-corrected chi connectivity index (χ1v) is 11.5. The summed E-state index contributed by atoms with van der Waals surface area (Å²) in [5, 5.41) is 39.9. The first-order chi connectivity index (χ1) is 16.5. The topological polar surface area (TPSA) is 213 Å². The number of hydrogen-bond donors (Lipinski definition) is 2. The van der Waals surface area contributed by atoms with Crippen LogP contribution in [0, 0.1) is 0 Å². The summed E-state index contributed by atoms with van der Waals surface area (Å²) < 4.78 is 0. The molecule has 0 aromatic carbocycles. The number of hydrogen-bond acceptors (Lipinski definition) is 10. The SMILES string of the molecule is CC(=O)/C=C(/C)[O-].CC(=O)/C=C(/C)[O-].CC(=O)/C=C(/C)[O-].CC(=O)/C=C(/C)[O-].CC(C)(C)N.CC(C)(C)N.[Ni+3].[Ni+3]. The summed E-state index contributed by atoms with van der Waals surface area (Å²) in [6.45, 7) is 22.6. The first kappa shape index (κ1) is 57.6. The Balaban J connectivity index is -0.0000000510. The van der Waals surface area contributed by atoms with Gasteiger partial charge in [0.15, 0.2) is 23.1 Å². The summed E-state index contributed by atoms with van der Waals surface area (Å²) >= 11 is 0. The molecule has 0 saturated carbocycles. The summed E-state index contributed by atoms with van der Waals surface area (Å²) in [5.74, 6) is -1.50. The molecular formula is C28H50N2Ni2O8+2. The van der Waals surface area contributed by atoms with Crippen molar-refractivity contribution in [3.8, 4) is 0 Å². The molecule has 0 bridgehead atoms. The third-order valence-corrected chi connectivity index (χ3v) is 1.63. The van der Waals surface area contributed by atoms with E-state index in [9.17, 15) is 39.6 Å². The second-order valence-corrected chi connectivity index (χ2v) is 10.2. The monoisotopic (exact) mass is 658 g/mol. The molecule has 10 nitrogen and oxygen atoms in total. The Labute approximate surface area is 261 Å². The molecule has 0 aliphatic rings. The number of ketones is 4. The third kappa shape index (κ3) is 228. The molecule has 0 fully saturated rings. The van der Waals surface area contributed by atoms with Crippen molar-refractivity contribution in [2.45, 2.75) is 108 Å². The van der Waals surface area contributed by atoms with Crippen LogP contribution in [0.4, 0.5) is 0 Å². The zero-order chi connectivity index (χ0) is 32.4. The first-order valence-electron chi connectivity index (χ1n) is 11.5. The Morgan fingerprint density at radius 2 is 0.500 bits per heavy atom. The van der Waals surface area contributed by atoms with Crippen LogP contribution < -0.4 is 31.9 Å². The fourth-order valence-corrected chi connectivity index (χ4v) is 1.14. The molecule has 12 heteroatoms. The third-order valence-electron chi connectivity index (χ3n) is 1.63. The van der Waals surface area contributed by atoms with Gasteiger partial charge in [0, 0.05) is 11.1 Å². The zero-order valence-electron chi connectivity index (χ0n) is 26.4. The van der Waals surface area contributed by atoms with Crippen molar-refractivity contribution in [1.82, 2.24) is 0 Å². The maximum absolute atomic E-state index is 9.98. The number of nitrogens with two attached hydrogens (primary N) is 2. The van der Waals surface area contributed by atoms with Crippen LogP contribution in [0.5, 0.6) is 0 Å². The van der Waals surface area contributed by atoms with E-state index in [-0.39, 0.29) is 90.2 Å². The van der Waals surface area contributed by atoms with E-state index in [1.807, 2.05) is 41.5 Å². The van der Waals surface area contributed by atoms with E-state index >= 15 is 0 Å². The number of allylic oxidation sites excluding steroid dienone is 8. The molecule has 0 spiro atoms. The summed E-state index contributed by atoms with van der Waals surface area (Å²) in [7, 11) is 0. The van der Waals surface area contributed by atoms with Gasteiger partial charge < -0.3 is 31.9 Å². The molecule has 0 heterocycles. The van der Waals surface area contributed by atoms with Gasteiger partial charge in [-0.1, -0.05) is 27.7 Å². The fourth-order valence-electron chi connectivity index (χ4n) is 1.14. The molecule has 0 unspecified atom stereocenters. The molecule has 0 aliphatic heterocycles. The second-order valence-electron chi connectivity index (χ2n) is 10.2. The molecule has 2 radical (unpaired) electrons. The zero-order valence-corrected chi connectivity index (χ0v) is 28.3. The molecule has 0 atom stereocenters. The predicted octanol–water partition coefficient (Wildman–Crippen LogP) is 0.840. The van der Waals surface area contributed by atoms with E-state index < -0.39 is 0 Å². The average Bonchev–Trinajstić information content (AvgIpc) is 2.47. The van der Waals surface area contributed by atoms with Crippen LogP contribution in [0.25, 0.3) is 0 Å². The Morgan fingerprint density at radius 3 is 0.500 bits per heavy atom. The van der Waals surface area contributed by atoms with E-state index in [4.69, 9.17) is 11.5 Å². The minimum absolute atomic E-state index is 0. The number of carbonyl (C=O) groups is 4. The van der Waals surface area contributed by atoms with E-state index in [0.29, 0.717) is 0 Å². The molecule has 238 valence electrons. The van der Waals surface area contributed by atoms with Crippen LogP contribution in [0.15, 0.2) is 47.3 Å². The Morgan fingerprint density at radius 1 is 0.425 bits per heavy atom. The van der Waals surface area contributed by atoms with Gasteiger partial charge in [0.2, 0.25) is 0 Å². The van der Waals surface area contributed by atoms with Gasteiger partial charge >= 0.3 is 33.0 Å². The van der Waals surface area contributed by atoms with Gasteiger partial charge in [0.05, 0.1) is 0 Å². The van der Waals surface area contributed by atoms with Crippen molar-refractivity contribution in [2.24, 2.45) is 11.5 Å². The average molecular weight is 660 g/mol. The minimum atomic E-state index is -0.187. The molecule has 0 aromatic rings. The van der Waals surface area contributed by atoms with Gasteiger partial charge in [-0.05, 0) is 93.5 Å². The fraction of sp³-hybridized carbons (Fsp3) is 0.571. The summed E-state index contributed by atoms with van der Waals surface area (Å²) in [6, 6.07) is 0. The number of rotatable bonds is 4. The second kappa shape index (κ2) is 33.0. The van der Waals surface area contributed by atoms with E-state index in [0.717, 1.165) is 24.3 Å². The molecule has 4 N–H and O–H groups in total. The van der Waals surface area contributed by atoms with E-state index in [1.165, 1.54) is 55.4 Å². The van der Waals surface area contributed by atoms with Gasteiger partial charge in [-0.2, -0.15) is 0 Å². The Hall–Kier alpha value is -2.25. The van der Waals surface area contributed by atoms with Gasteiger partial charge in [0.25, 0.3) is 0 Å². The smallest absolute Gasteiger partial charge is 0.876 e. The minimum Gasteiger partial charge on any atom is -0.876 e. The molecule has 0 aliphatic carbocycles. The maximum Gasteiger partial charge on any atom is 3.00 e. The van der Waals surface area contributed by atoms with Crippen molar-refractivity contribution < 1.29 is 72.6 Å². The molecule has 0 rings (SSSR count). The molecule has 40 heavy (non-hydrogen) atoms. The van der Waals surface area contributed by atoms with Crippen molar-refractivity contribution >= 4 is 23.1 Å². The quantitative estimate of drug-likeness (QED) is 0.246. The molecule has 0 saturated heterocycles. The van der Waals surface area contributed by atoms with Gasteiger partial charge in [-0.3, -0.25) is 19.2 Å². The summed E-state index contributed by atoms with van der Waals surface area (Å²) in [4.78, 5) is 39.9. The van der Waals surface area contributed by atoms with Crippen LogP contribution >= 0.6 is 0 Å². The van der Waals surface area contributed by atoms with Gasteiger partial charge in [-0.15, -0.1) is 23.0 Å². The standard InChI is InChI=1S/4C5H8O2.2C4H11N.2Ni/c4*1-4(6)3-5(2)7;2*1-4(2,3)5;;/h4*3,6H,1-2H3;2*5H2,1-3H3;;/q;;;;;;2*+3/p-4/b4*4-3-;;;;. The molecule has 0 aromatic heterocycles. The summed E-state index contributed by atoms with van der Waals surface area (Å²) in [5.41, 5.74) is 10.7.